The normalized spacial score (nSPS) is 26.4. The molecule has 2 aliphatic heterocycles. The van der Waals surface area contributed by atoms with E-state index in [0.717, 1.165) is 38.9 Å². The van der Waals surface area contributed by atoms with Crippen LogP contribution in [0.3, 0.4) is 0 Å². The first-order valence-electron chi connectivity index (χ1n) is 7.20. The molecule has 0 radical (unpaired) electrons. The molecule has 1 N–H and O–H groups in total. The van der Waals surface area contributed by atoms with E-state index in [0.29, 0.717) is 12.8 Å². The minimum atomic E-state index is -0.198. The maximum absolute atomic E-state index is 12.2. The Balaban J connectivity index is 1.87. The van der Waals surface area contributed by atoms with Gasteiger partial charge in [0.2, 0.25) is 5.91 Å². The molecule has 0 unspecified atom stereocenters. The average molecular weight is 268 g/mol. The number of hydrogen-bond donors (Lipinski definition) is 1. The van der Waals surface area contributed by atoms with Crippen LogP contribution in [-0.2, 0) is 14.3 Å². The lowest BCUT2D eigenvalue weighted by Crippen LogP contribution is -2.43. The van der Waals surface area contributed by atoms with E-state index in [1.807, 2.05) is 0 Å². The summed E-state index contributed by atoms with van der Waals surface area (Å²) in [6.07, 6.45) is 3.85. The lowest BCUT2D eigenvalue weighted by molar-refractivity contribution is -0.141. The van der Waals surface area contributed by atoms with E-state index in [-0.39, 0.29) is 23.3 Å². The third-order valence-corrected chi connectivity index (χ3v) is 4.64. The topological polar surface area (TPSA) is 58.6 Å². The molecule has 2 aliphatic rings. The molecule has 0 aromatic carbocycles. The molecule has 0 bridgehead atoms. The Labute approximate surface area is 114 Å². The number of nitrogens with zero attached hydrogens (tertiary/aromatic N) is 1. The molecule has 2 rings (SSSR count). The van der Waals surface area contributed by atoms with Gasteiger partial charge in [-0.2, -0.15) is 0 Å². The molecule has 5 heteroatoms. The van der Waals surface area contributed by atoms with Crippen molar-refractivity contribution in [1.82, 2.24) is 10.2 Å². The molecular formula is C14H24N2O3. The van der Waals surface area contributed by atoms with Crippen molar-refractivity contribution in [2.45, 2.75) is 45.1 Å². The van der Waals surface area contributed by atoms with Gasteiger partial charge in [0.05, 0.1) is 12.5 Å². The number of carbonyl (C=O) groups excluding carboxylic acids is 2. The fourth-order valence-corrected chi connectivity index (χ4v) is 3.25. The molecule has 0 aromatic heterocycles. The first-order chi connectivity index (χ1) is 9.09. The number of esters is 1. The van der Waals surface area contributed by atoms with Crippen molar-refractivity contribution >= 4 is 11.9 Å². The van der Waals surface area contributed by atoms with Crippen LogP contribution < -0.4 is 5.32 Å². The minimum absolute atomic E-state index is 0.139. The van der Waals surface area contributed by atoms with Gasteiger partial charge < -0.3 is 15.0 Å². The molecule has 1 amide bonds. The van der Waals surface area contributed by atoms with Gasteiger partial charge in [-0.15, -0.1) is 0 Å². The number of hydrogen-bond acceptors (Lipinski definition) is 4. The summed E-state index contributed by atoms with van der Waals surface area (Å²) >= 11 is 0. The predicted octanol–water partition coefficient (Wildman–Crippen LogP) is 0.930. The van der Waals surface area contributed by atoms with Crippen LogP contribution in [0.2, 0.25) is 0 Å². The lowest BCUT2D eigenvalue weighted by atomic mass is 9.75. The van der Waals surface area contributed by atoms with E-state index in [1.54, 1.807) is 0 Å². The minimum Gasteiger partial charge on any atom is -0.469 e. The van der Waals surface area contributed by atoms with E-state index in [1.165, 1.54) is 7.11 Å². The quantitative estimate of drug-likeness (QED) is 0.771. The van der Waals surface area contributed by atoms with Crippen molar-refractivity contribution < 1.29 is 14.3 Å². The molecule has 0 aromatic rings. The highest BCUT2D eigenvalue weighted by Gasteiger charge is 2.47. The Morgan fingerprint density at radius 2 is 2.16 bits per heavy atom. The van der Waals surface area contributed by atoms with Gasteiger partial charge in [0.25, 0.3) is 0 Å². The highest BCUT2D eigenvalue weighted by molar-refractivity contribution is 5.85. The SMILES string of the molecule is CCN1CCC2(CC1)C[C@H](CCC(=O)OC)NC2=O. The van der Waals surface area contributed by atoms with Crippen LogP contribution in [0.25, 0.3) is 0 Å². The number of amides is 1. The van der Waals surface area contributed by atoms with Gasteiger partial charge in [-0.3, -0.25) is 9.59 Å². The van der Waals surface area contributed by atoms with Crippen molar-refractivity contribution in [1.29, 1.82) is 0 Å². The third-order valence-electron chi connectivity index (χ3n) is 4.64. The van der Waals surface area contributed by atoms with Crippen LogP contribution in [0.15, 0.2) is 0 Å². The molecule has 108 valence electrons. The number of likely N-dealkylation sites (tertiary alicyclic amines) is 1. The molecule has 5 nitrogen and oxygen atoms in total. The second-order valence-electron chi connectivity index (χ2n) is 5.70. The second-order valence-corrected chi connectivity index (χ2v) is 5.70. The number of piperidine rings is 1. The first-order valence-corrected chi connectivity index (χ1v) is 7.20. The smallest absolute Gasteiger partial charge is 0.305 e. The van der Waals surface area contributed by atoms with E-state index in [9.17, 15) is 9.59 Å². The molecule has 0 aliphatic carbocycles. The van der Waals surface area contributed by atoms with Gasteiger partial charge in [0.15, 0.2) is 0 Å². The summed E-state index contributed by atoms with van der Waals surface area (Å²) in [6, 6.07) is 0.139. The van der Waals surface area contributed by atoms with Crippen LogP contribution in [-0.4, -0.2) is 49.6 Å². The van der Waals surface area contributed by atoms with E-state index >= 15 is 0 Å². The largest absolute Gasteiger partial charge is 0.469 e. The lowest BCUT2D eigenvalue weighted by Gasteiger charge is -2.36. The zero-order valence-electron chi connectivity index (χ0n) is 11.9. The summed E-state index contributed by atoms with van der Waals surface area (Å²) in [7, 11) is 1.40. The molecule has 19 heavy (non-hydrogen) atoms. The molecule has 0 saturated carbocycles. The highest BCUT2D eigenvalue weighted by atomic mass is 16.5. The molecule has 2 saturated heterocycles. The van der Waals surface area contributed by atoms with Gasteiger partial charge in [0.1, 0.15) is 0 Å². The maximum atomic E-state index is 12.2. The monoisotopic (exact) mass is 268 g/mol. The zero-order chi connectivity index (χ0) is 13.9. The molecular weight excluding hydrogens is 244 g/mol. The standard InChI is InChI=1S/C14H24N2O3/c1-3-16-8-6-14(7-9-16)10-11(15-13(14)18)4-5-12(17)19-2/h11H,3-10H2,1-2H3,(H,15,18)/t11-/m0/s1. The van der Waals surface area contributed by atoms with Crippen LogP contribution in [0.1, 0.15) is 39.0 Å². The van der Waals surface area contributed by atoms with Gasteiger partial charge in [0, 0.05) is 12.5 Å². The summed E-state index contributed by atoms with van der Waals surface area (Å²) < 4.78 is 4.64. The van der Waals surface area contributed by atoms with Gasteiger partial charge in [-0.1, -0.05) is 6.92 Å². The summed E-state index contributed by atoms with van der Waals surface area (Å²) in [5.74, 6) is -0.00544. The van der Waals surface area contributed by atoms with Crippen LogP contribution in [0.4, 0.5) is 0 Å². The third kappa shape index (κ3) is 3.08. The van der Waals surface area contributed by atoms with Crippen LogP contribution in [0.5, 0.6) is 0 Å². The Hall–Kier alpha value is -1.10. The predicted molar refractivity (Wildman–Crippen MR) is 71.6 cm³/mol. The van der Waals surface area contributed by atoms with Gasteiger partial charge in [-0.05, 0) is 45.3 Å². The van der Waals surface area contributed by atoms with E-state index < -0.39 is 0 Å². The molecule has 2 heterocycles. The zero-order valence-corrected chi connectivity index (χ0v) is 11.9. The fraction of sp³-hybridized carbons (Fsp3) is 0.857. The van der Waals surface area contributed by atoms with E-state index in [4.69, 9.17) is 0 Å². The summed E-state index contributed by atoms with van der Waals surface area (Å²) in [5.41, 5.74) is -0.174. The van der Waals surface area contributed by atoms with Crippen molar-refractivity contribution in [3.05, 3.63) is 0 Å². The number of ether oxygens (including phenoxy) is 1. The Morgan fingerprint density at radius 3 is 2.74 bits per heavy atom. The maximum Gasteiger partial charge on any atom is 0.305 e. The van der Waals surface area contributed by atoms with Crippen molar-refractivity contribution in [2.75, 3.05) is 26.7 Å². The Kier molecular flexibility index (Phi) is 4.45. The average Bonchev–Trinajstić information content (AvgIpc) is 2.73. The van der Waals surface area contributed by atoms with E-state index in [2.05, 4.69) is 21.9 Å². The molecule has 1 atom stereocenters. The number of methoxy groups -OCH3 is 1. The van der Waals surface area contributed by atoms with Crippen molar-refractivity contribution in [2.24, 2.45) is 5.41 Å². The van der Waals surface area contributed by atoms with Crippen molar-refractivity contribution in [3.63, 3.8) is 0 Å². The van der Waals surface area contributed by atoms with Gasteiger partial charge >= 0.3 is 5.97 Å². The Morgan fingerprint density at radius 1 is 1.47 bits per heavy atom. The number of carbonyl (C=O) groups is 2. The fourth-order valence-electron chi connectivity index (χ4n) is 3.25. The van der Waals surface area contributed by atoms with Crippen LogP contribution >= 0.6 is 0 Å². The Bertz CT molecular complexity index is 349. The summed E-state index contributed by atoms with van der Waals surface area (Å²) in [4.78, 5) is 25.8. The summed E-state index contributed by atoms with van der Waals surface area (Å²) in [5, 5.41) is 3.06. The second kappa shape index (κ2) is 5.90. The summed E-state index contributed by atoms with van der Waals surface area (Å²) in [6.45, 7) is 5.23. The number of nitrogens with one attached hydrogen (secondary N) is 1. The first kappa shape index (κ1) is 14.3. The van der Waals surface area contributed by atoms with Crippen LogP contribution in [0, 0.1) is 5.41 Å². The molecule has 1 spiro atoms. The molecule has 2 fully saturated rings. The van der Waals surface area contributed by atoms with Crippen molar-refractivity contribution in [3.8, 4) is 0 Å². The van der Waals surface area contributed by atoms with Gasteiger partial charge in [-0.25, -0.2) is 0 Å². The highest BCUT2D eigenvalue weighted by Crippen LogP contribution is 2.41. The number of rotatable bonds is 4.